The van der Waals surface area contributed by atoms with Crippen LogP contribution in [0, 0.1) is 0 Å². The van der Waals surface area contributed by atoms with Crippen molar-refractivity contribution < 1.29 is 0 Å². The summed E-state index contributed by atoms with van der Waals surface area (Å²) in [7, 11) is 0. The zero-order valence-corrected chi connectivity index (χ0v) is 8.56. The van der Waals surface area contributed by atoms with Gasteiger partial charge < -0.3 is 0 Å². The van der Waals surface area contributed by atoms with Gasteiger partial charge in [0, 0.05) is 22.4 Å². The number of halogens is 2. The van der Waals surface area contributed by atoms with Crippen LogP contribution in [0.25, 0.3) is 0 Å². The van der Waals surface area contributed by atoms with Gasteiger partial charge in [-0.1, -0.05) is 24.1 Å². The third kappa shape index (κ3) is 5.45. The lowest BCUT2D eigenvalue weighted by atomic mass is 10.4. The van der Waals surface area contributed by atoms with Crippen LogP contribution >= 0.6 is 35.0 Å². The number of hydrogen-bond donors (Lipinski definition) is 0. The van der Waals surface area contributed by atoms with Gasteiger partial charge in [-0.25, -0.2) is 0 Å². The highest BCUT2D eigenvalue weighted by Crippen LogP contribution is 2.15. The molecule has 3 heteroatoms. The maximum Gasteiger partial charge on any atom is 0.0340 e. The van der Waals surface area contributed by atoms with Crippen molar-refractivity contribution in [2.24, 2.45) is 0 Å². The van der Waals surface area contributed by atoms with Gasteiger partial charge in [0.05, 0.1) is 0 Å². The third-order valence-electron chi connectivity index (χ3n) is 0.999. The third-order valence-corrected chi connectivity index (χ3v) is 3.38. The number of hydrogen-bond acceptors (Lipinski definition) is 1. The summed E-state index contributed by atoms with van der Waals surface area (Å²) < 4.78 is 0. The van der Waals surface area contributed by atoms with Crippen molar-refractivity contribution in [2.45, 2.75) is 19.1 Å². The molecule has 0 bridgehead atoms. The molecule has 60 valence electrons. The van der Waals surface area contributed by atoms with Crippen LogP contribution in [0.1, 0.15) is 13.8 Å². The van der Waals surface area contributed by atoms with E-state index in [1.807, 2.05) is 18.7 Å². The Morgan fingerprint density at radius 1 is 1.70 bits per heavy atom. The van der Waals surface area contributed by atoms with Crippen LogP contribution < -0.4 is 0 Å². The second kappa shape index (κ2) is 6.38. The number of rotatable bonds is 4. The molecule has 0 aliphatic heterocycles. The second-order valence-corrected chi connectivity index (χ2v) is 4.18. The second-order valence-electron chi connectivity index (χ2n) is 2.23. The highest BCUT2D eigenvalue weighted by atomic mass is 35.5. The van der Waals surface area contributed by atoms with Gasteiger partial charge in [0.25, 0.3) is 0 Å². The van der Waals surface area contributed by atoms with E-state index in [2.05, 4.69) is 6.92 Å². The molecular weight excluding hydrogens is 187 g/mol. The molecule has 0 aliphatic carbocycles. The molecule has 0 amide bonds. The fourth-order valence-electron chi connectivity index (χ4n) is 0.350. The fraction of sp³-hybridized carbons (Fsp3) is 0.714. The lowest BCUT2D eigenvalue weighted by Gasteiger charge is -2.05. The molecule has 1 atom stereocenters. The average Bonchev–Trinajstić information content (AvgIpc) is 1.99. The minimum absolute atomic E-state index is 0.522. The van der Waals surface area contributed by atoms with Crippen LogP contribution in [0.5, 0.6) is 0 Å². The molecule has 0 aromatic carbocycles. The summed E-state index contributed by atoms with van der Waals surface area (Å²) in [6.45, 7) is 4.13. The molecule has 0 fully saturated rings. The monoisotopic (exact) mass is 198 g/mol. The topological polar surface area (TPSA) is 0 Å². The summed E-state index contributed by atoms with van der Waals surface area (Å²) in [6.07, 6.45) is 0. The molecule has 0 aromatic rings. The maximum atomic E-state index is 5.61. The van der Waals surface area contributed by atoms with E-state index >= 15 is 0 Å². The van der Waals surface area contributed by atoms with E-state index in [1.54, 1.807) is 5.54 Å². The van der Waals surface area contributed by atoms with E-state index in [4.69, 9.17) is 23.2 Å². The Morgan fingerprint density at radius 3 is 2.70 bits per heavy atom. The van der Waals surface area contributed by atoms with E-state index in [1.165, 1.54) is 5.57 Å². The van der Waals surface area contributed by atoms with Crippen molar-refractivity contribution in [1.29, 1.82) is 0 Å². The van der Waals surface area contributed by atoms with Crippen LogP contribution in [0.15, 0.2) is 11.1 Å². The molecule has 0 aromatic heterocycles. The zero-order valence-electron chi connectivity index (χ0n) is 6.23. The fourth-order valence-corrected chi connectivity index (χ4v) is 1.51. The largest absolute Gasteiger partial charge is 0.153 e. The molecule has 10 heavy (non-hydrogen) atoms. The molecule has 0 radical (unpaired) electrons. The first-order chi connectivity index (χ1) is 4.70. The van der Waals surface area contributed by atoms with E-state index in [0.717, 1.165) is 5.75 Å². The predicted molar refractivity (Wildman–Crippen MR) is 52.3 cm³/mol. The van der Waals surface area contributed by atoms with Gasteiger partial charge in [0.1, 0.15) is 0 Å². The normalized spacial score (nSPS) is 15.4. The van der Waals surface area contributed by atoms with Gasteiger partial charge >= 0.3 is 0 Å². The van der Waals surface area contributed by atoms with Gasteiger partial charge in [0.2, 0.25) is 0 Å². The minimum atomic E-state index is 0.522. The Kier molecular flexibility index (Phi) is 6.81. The van der Waals surface area contributed by atoms with Crippen LogP contribution in [0.2, 0.25) is 0 Å². The average molecular weight is 199 g/mol. The summed E-state index contributed by atoms with van der Waals surface area (Å²) in [6, 6.07) is 0. The smallest absolute Gasteiger partial charge is 0.0340 e. The lowest BCUT2D eigenvalue weighted by Crippen LogP contribution is -1.98. The summed E-state index contributed by atoms with van der Waals surface area (Å²) in [5.41, 5.74) is 2.82. The van der Waals surface area contributed by atoms with Crippen molar-refractivity contribution in [3.05, 3.63) is 11.1 Å². The van der Waals surface area contributed by atoms with Gasteiger partial charge in [-0.2, -0.15) is 11.8 Å². The van der Waals surface area contributed by atoms with E-state index in [-0.39, 0.29) is 0 Å². The van der Waals surface area contributed by atoms with Crippen molar-refractivity contribution in [2.75, 3.05) is 11.6 Å². The van der Waals surface area contributed by atoms with Crippen molar-refractivity contribution in [3.63, 3.8) is 0 Å². The summed E-state index contributed by atoms with van der Waals surface area (Å²) in [4.78, 5) is 0. The van der Waals surface area contributed by atoms with E-state index < -0.39 is 0 Å². The van der Waals surface area contributed by atoms with Gasteiger partial charge in [0.15, 0.2) is 0 Å². The summed E-state index contributed by atoms with van der Waals surface area (Å²) >= 11 is 12.9. The Balaban J connectivity index is 3.35. The van der Waals surface area contributed by atoms with Crippen LogP contribution in [-0.4, -0.2) is 16.9 Å². The van der Waals surface area contributed by atoms with Crippen molar-refractivity contribution >= 4 is 35.0 Å². The Hall–Kier alpha value is 0.670. The molecule has 0 saturated carbocycles. The summed E-state index contributed by atoms with van der Waals surface area (Å²) in [5.74, 6) is 1.69. The Labute approximate surface area is 77.0 Å². The first kappa shape index (κ1) is 10.7. The SMILES string of the molecule is CC(=CCl)CSC(C)CCl. The zero-order chi connectivity index (χ0) is 7.98. The first-order valence-corrected chi connectivity index (χ1v) is 5.16. The quantitative estimate of drug-likeness (QED) is 0.624. The van der Waals surface area contributed by atoms with E-state index in [0.29, 0.717) is 11.1 Å². The highest BCUT2D eigenvalue weighted by molar-refractivity contribution is 8.00. The van der Waals surface area contributed by atoms with Crippen LogP contribution in [0.4, 0.5) is 0 Å². The van der Waals surface area contributed by atoms with Crippen LogP contribution in [-0.2, 0) is 0 Å². The van der Waals surface area contributed by atoms with Crippen LogP contribution in [0.3, 0.4) is 0 Å². The standard InChI is InChI=1S/C7H12Cl2S/c1-6(3-8)5-10-7(2)4-9/h3,7H,4-5H2,1-2H3. The molecule has 0 heterocycles. The minimum Gasteiger partial charge on any atom is -0.153 e. The van der Waals surface area contributed by atoms with Crippen molar-refractivity contribution in [3.8, 4) is 0 Å². The maximum absolute atomic E-state index is 5.61. The number of thioether (sulfide) groups is 1. The Bertz CT molecular complexity index is 112. The van der Waals surface area contributed by atoms with Gasteiger partial charge in [-0.3, -0.25) is 0 Å². The molecule has 1 unspecified atom stereocenters. The molecular formula is C7H12Cl2S. The first-order valence-electron chi connectivity index (χ1n) is 3.14. The van der Waals surface area contributed by atoms with Crippen molar-refractivity contribution in [1.82, 2.24) is 0 Å². The molecule has 0 saturated heterocycles. The molecule has 0 rings (SSSR count). The van der Waals surface area contributed by atoms with Gasteiger partial charge in [-0.15, -0.1) is 11.6 Å². The molecule has 0 spiro atoms. The molecule has 0 nitrogen and oxygen atoms in total. The molecule has 0 aliphatic rings. The summed E-state index contributed by atoms with van der Waals surface area (Å²) in [5, 5.41) is 0.522. The van der Waals surface area contributed by atoms with Gasteiger partial charge in [-0.05, 0) is 6.92 Å². The number of alkyl halides is 1. The lowest BCUT2D eigenvalue weighted by molar-refractivity contribution is 1.12. The molecule has 0 N–H and O–H groups in total. The highest BCUT2D eigenvalue weighted by Gasteiger charge is 1.99. The van der Waals surface area contributed by atoms with E-state index in [9.17, 15) is 0 Å². The predicted octanol–water partition coefficient (Wildman–Crippen LogP) is 3.49. The Morgan fingerprint density at radius 2 is 2.30 bits per heavy atom.